The lowest BCUT2D eigenvalue weighted by molar-refractivity contribution is -0.121. The highest BCUT2D eigenvalue weighted by atomic mass is 16.3. The molecule has 3 rings (SSSR count). The summed E-state index contributed by atoms with van der Waals surface area (Å²) < 4.78 is 5.10. The average Bonchev–Trinajstić information content (AvgIpc) is 3.08. The van der Waals surface area contributed by atoms with Crippen molar-refractivity contribution in [1.29, 1.82) is 0 Å². The fourth-order valence-corrected chi connectivity index (χ4v) is 2.27. The van der Waals surface area contributed by atoms with Gasteiger partial charge in [-0.05, 0) is 30.5 Å². The van der Waals surface area contributed by atoms with E-state index in [9.17, 15) is 4.79 Å². The molecule has 0 spiro atoms. The van der Waals surface area contributed by atoms with Crippen molar-refractivity contribution in [2.75, 3.05) is 5.32 Å². The van der Waals surface area contributed by atoms with Gasteiger partial charge in [0.25, 0.3) is 5.91 Å². The molecule has 0 aliphatic heterocycles. The Morgan fingerprint density at radius 3 is 2.78 bits per heavy atom. The number of hydrogen-bond donors (Lipinski definition) is 2. The minimum Gasteiger partial charge on any atom is -0.463 e. The second kappa shape index (κ2) is 6.79. The fraction of sp³-hybridized carbons (Fsp3) is 0.111. The lowest BCUT2D eigenvalue weighted by Crippen LogP contribution is -2.34. The van der Waals surface area contributed by atoms with E-state index in [4.69, 9.17) is 4.42 Å². The van der Waals surface area contributed by atoms with E-state index in [0.29, 0.717) is 5.76 Å². The first kappa shape index (κ1) is 14.8. The zero-order valence-corrected chi connectivity index (χ0v) is 12.7. The molecule has 0 aliphatic carbocycles. The van der Waals surface area contributed by atoms with Crippen LogP contribution in [0, 0.1) is 0 Å². The van der Waals surface area contributed by atoms with Crippen molar-refractivity contribution < 1.29 is 9.21 Å². The molecule has 5 nitrogen and oxygen atoms in total. The maximum Gasteiger partial charge on any atom is 0.262 e. The third kappa shape index (κ3) is 3.58. The third-order valence-corrected chi connectivity index (χ3v) is 3.46. The molecule has 2 N–H and O–H groups in total. The number of nitrogens with zero attached hydrogens (tertiary/aromatic N) is 1. The summed E-state index contributed by atoms with van der Waals surface area (Å²) in [6, 6.07) is 17.1. The first-order chi connectivity index (χ1) is 11.2. The molecular formula is C18H17N3O2. The van der Waals surface area contributed by atoms with Crippen molar-refractivity contribution in [2.45, 2.75) is 13.0 Å². The molecular weight excluding hydrogens is 290 g/mol. The molecule has 0 fully saturated rings. The summed E-state index contributed by atoms with van der Waals surface area (Å²) in [6.07, 6.45) is 3.01. The van der Waals surface area contributed by atoms with Gasteiger partial charge in [0.05, 0.1) is 12.5 Å². The summed E-state index contributed by atoms with van der Waals surface area (Å²) in [4.78, 5) is 12.1. The van der Waals surface area contributed by atoms with Gasteiger partial charge in [-0.15, -0.1) is 0 Å². The van der Waals surface area contributed by atoms with E-state index >= 15 is 0 Å². The molecule has 0 radical (unpaired) electrons. The van der Waals surface area contributed by atoms with E-state index < -0.39 is 6.04 Å². The number of carbonyl (C=O) groups excluding carboxylic acids is 1. The number of fused-ring (bicyclic) bond motifs is 1. The summed E-state index contributed by atoms with van der Waals surface area (Å²) >= 11 is 0. The van der Waals surface area contributed by atoms with Crippen LogP contribution in [0.1, 0.15) is 12.7 Å². The van der Waals surface area contributed by atoms with Gasteiger partial charge in [-0.1, -0.05) is 36.4 Å². The first-order valence-electron chi connectivity index (χ1n) is 7.35. The van der Waals surface area contributed by atoms with Gasteiger partial charge in [-0.25, -0.2) is 5.43 Å². The molecule has 0 saturated carbocycles. The Morgan fingerprint density at radius 2 is 1.96 bits per heavy atom. The van der Waals surface area contributed by atoms with Crippen LogP contribution in [0.25, 0.3) is 10.8 Å². The topological polar surface area (TPSA) is 66.6 Å². The molecule has 0 unspecified atom stereocenters. The van der Waals surface area contributed by atoms with Crippen LogP contribution in [0.2, 0.25) is 0 Å². The molecule has 5 heteroatoms. The molecule has 1 aromatic heterocycles. The Kier molecular flexibility index (Phi) is 4.38. The monoisotopic (exact) mass is 307 g/mol. The van der Waals surface area contributed by atoms with Crippen molar-refractivity contribution in [3.63, 3.8) is 0 Å². The molecule has 0 aliphatic rings. The van der Waals surface area contributed by atoms with Crippen LogP contribution >= 0.6 is 0 Å². The predicted molar refractivity (Wildman–Crippen MR) is 91.5 cm³/mol. The van der Waals surface area contributed by atoms with Gasteiger partial charge >= 0.3 is 0 Å². The Balaban J connectivity index is 1.65. The molecule has 1 heterocycles. The fourth-order valence-electron chi connectivity index (χ4n) is 2.27. The van der Waals surface area contributed by atoms with Crippen LogP contribution in [0.3, 0.4) is 0 Å². The average molecular weight is 307 g/mol. The van der Waals surface area contributed by atoms with Gasteiger partial charge in [0.1, 0.15) is 11.8 Å². The second-order valence-corrected chi connectivity index (χ2v) is 5.14. The van der Waals surface area contributed by atoms with Crippen molar-refractivity contribution in [3.05, 3.63) is 66.6 Å². The molecule has 0 bridgehead atoms. The van der Waals surface area contributed by atoms with E-state index in [2.05, 4.69) is 15.8 Å². The van der Waals surface area contributed by atoms with E-state index in [1.165, 1.54) is 6.21 Å². The SMILES string of the molecule is C[C@@H](Nc1cccc2ccccc12)C(=O)N/N=C\c1ccco1. The Labute approximate surface area is 134 Å². The number of carbonyl (C=O) groups is 1. The molecule has 2 aromatic carbocycles. The number of rotatable bonds is 5. The van der Waals surface area contributed by atoms with Crippen LogP contribution in [0.15, 0.2) is 70.4 Å². The summed E-state index contributed by atoms with van der Waals surface area (Å²) in [5.74, 6) is 0.362. The molecule has 116 valence electrons. The van der Waals surface area contributed by atoms with E-state index in [1.807, 2.05) is 42.5 Å². The zero-order valence-electron chi connectivity index (χ0n) is 12.7. The predicted octanol–water partition coefficient (Wildman–Crippen LogP) is 3.38. The van der Waals surface area contributed by atoms with Gasteiger partial charge in [0, 0.05) is 11.1 Å². The molecule has 1 amide bonds. The Bertz CT molecular complexity index is 820. The van der Waals surface area contributed by atoms with Gasteiger partial charge in [-0.3, -0.25) is 4.79 Å². The minimum absolute atomic E-state index is 0.222. The van der Waals surface area contributed by atoms with Crippen LogP contribution in [-0.4, -0.2) is 18.2 Å². The minimum atomic E-state index is -0.422. The highest BCUT2D eigenvalue weighted by Gasteiger charge is 2.12. The van der Waals surface area contributed by atoms with E-state index in [-0.39, 0.29) is 5.91 Å². The summed E-state index contributed by atoms with van der Waals surface area (Å²) in [5, 5.41) is 9.30. The van der Waals surface area contributed by atoms with Crippen LogP contribution in [0.4, 0.5) is 5.69 Å². The maximum absolute atomic E-state index is 12.1. The summed E-state index contributed by atoms with van der Waals surface area (Å²) in [6.45, 7) is 1.79. The lowest BCUT2D eigenvalue weighted by Gasteiger charge is -2.15. The Hall–Kier alpha value is -3.08. The third-order valence-electron chi connectivity index (χ3n) is 3.46. The van der Waals surface area contributed by atoms with Crippen LogP contribution in [0.5, 0.6) is 0 Å². The summed E-state index contributed by atoms with van der Waals surface area (Å²) in [5.41, 5.74) is 3.41. The number of hydrazone groups is 1. The number of amides is 1. The zero-order chi connectivity index (χ0) is 16.1. The highest BCUT2D eigenvalue weighted by Crippen LogP contribution is 2.23. The molecule has 23 heavy (non-hydrogen) atoms. The normalized spacial score (nSPS) is 12.4. The molecule has 3 aromatic rings. The van der Waals surface area contributed by atoms with Crippen LogP contribution < -0.4 is 10.7 Å². The number of nitrogens with one attached hydrogen (secondary N) is 2. The van der Waals surface area contributed by atoms with Crippen molar-refractivity contribution in [2.24, 2.45) is 5.10 Å². The van der Waals surface area contributed by atoms with Crippen molar-refractivity contribution >= 4 is 28.6 Å². The number of furan rings is 1. The molecule has 1 atom stereocenters. The van der Waals surface area contributed by atoms with E-state index in [1.54, 1.807) is 25.3 Å². The van der Waals surface area contributed by atoms with Gasteiger partial charge < -0.3 is 9.73 Å². The van der Waals surface area contributed by atoms with Gasteiger partial charge in [-0.2, -0.15) is 5.10 Å². The number of hydrogen-bond acceptors (Lipinski definition) is 4. The standard InChI is InChI=1S/C18H17N3O2/c1-13(18(22)21-19-12-15-8-5-11-23-15)20-17-10-4-7-14-6-2-3-9-16(14)17/h2-13,20H,1H3,(H,21,22)/b19-12-/t13-/m1/s1. The number of anilines is 1. The van der Waals surface area contributed by atoms with E-state index in [0.717, 1.165) is 16.5 Å². The van der Waals surface area contributed by atoms with Gasteiger partial charge in [0.2, 0.25) is 0 Å². The van der Waals surface area contributed by atoms with Gasteiger partial charge in [0.15, 0.2) is 0 Å². The Morgan fingerprint density at radius 1 is 1.13 bits per heavy atom. The van der Waals surface area contributed by atoms with Crippen molar-refractivity contribution in [3.8, 4) is 0 Å². The first-order valence-corrected chi connectivity index (χ1v) is 7.35. The smallest absolute Gasteiger partial charge is 0.262 e. The quantitative estimate of drug-likeness (QED) is 0.561. The number of benzene rings is 2. The highest BCUT2D eigenvalue weighted by molar-refractivity contribution is 5.96. The largest absolute Gasteiger partial charge is 0.463 e. The van der Waals surface area contributed by atoms with Crippen molar-refractivity contribution in [1.82, 2.24) is 5.43 Å². The molecule has 0 saturated heterocycles. The van der Waals surface area contributed by atoms with Crippen LogP contribution in [-0.2, 0) is 4.79 Å². The lowest BCUT2D eigenvalue weighted by atomic mass is 10.1. The summed E-state index contributed by atoms with van der Waals surface area (Å²) in [7, 11) is 0. The maximum atomic E-state index is 12.1. The second-order valence-electron chi connectivity index (χ2n) is 5.14.